The highest BCUT2D eigenvalue weighted by Gasteiger charge is 2.38. The topological polar surface area (TPSA) is 82.2 Å². The van der Waals surface area contributed by atoms with E-state index in [2.05, 4.69) is 10.2 Å². The van der Waals surface area contributed by atoms with Gasteiger partial charge in [-0.25, -0.2) is 14.0 Å². The number of benzene rings is 2. The molecule has 1 unspecified atom stereocenters. The van der Waals surface area contributed by atoms with Crippen molar-refractivity contribution >= 4 is 29.5 Å². The van der Waals surface area contributed by atoms with Gasteiger partial charge in [0.25, 0.3) is 5.91 Å². The first-order valence-corrected chi connectivity index (χ1v) is 12.7. The van der Waals surface area contributed by atoms with Crippen LogP contribution in [0, 0.1) is 5.82 Å². The molecule has 10 heteroatoms. The number of halogens is 2. The van der Waals surface area contributed by atoms with E-state index in [4.69, 9.17) is 16.3 Å². The molecule has 1 saturated heterocycles. The molecular weight excluding hydrogens is 499 g/mol. The van der Waals surface area contributed by atoms with Crippen molar-refractivity contribution in [2.24, 2.45) is 0 Å². The van der Waals surface area contributed by atoms with Crippen molar-refractivity contribution in [3.8, 4) is 0 Å². The number of likely N-dealkylation sites (N-methyl/N-ethyl adjacent to an activating group) is 1. The number of hydrogen-bond donors (Lipinski definition) is 1. The van der Waals surface area contributed by atoms with Crippen molar-refractivity contribution in [2.45, 2.75) is 19.9 Å². The fraction of sp³-hybridized carbons (Fsp3) is 0.370. The van der Waals surface area contributed by atoms with E-state index in [0.29, 0.717) is 61.1 Å². The van der Waals surface area contributed by atoms with E-state index in [9.17, 15) is 18.8 Å². The number of rotatable bonds is 7. The molecule has 37 heavy (non-hydrogen) atoms. The predicted molar refractivity (Wildman–Crippen MR) is 138 cm³/mol. The predicted octanol–water partition coefficient (Wildman–Crippen LogP) is 3.84. The average Bonchev–Trinajstić information content (AvgIpc) is 2.89. The fourth-order valence-corrected chi connectivity index (χ4v) is 4.82. The van der Waals surface area contributed by atoms with Crippen molar-refractivity contribution < 1.29 is 23.5 Å². The average molecular weight is 529 g/mol. The second kappa shape index (κ2) is 11.7. The molecule has 1 fully saturated rings. The quantitative estimate of drug-likeness (QED) is 0.552. The Morgan fingerprint density at radius 2 is 1.78 bits per heavy atom. The summed E-state index contributed by atoms with van der Waals surface area (Å²) < 4.78 is 19.4. The van der Waals surface area contributed by atoms with Gasteiger partial charge in [0.05, 0.1) is 18.2 Å². The van der Waals surface area contributed by atoms with Crippen molar-refractivity contribution in [1.29, 1.82) is 0 Å². The molecular formula is C27H30ClFN4O4. The van der Waals surface area contributed by atoms with Gasteiger partial charge < -0.3 is 15.0 Å². The van der Waals surface area contributed by atoms with E-state index in [1.807, 2.05) is 6.92 Å². The van der Waals surface area contributed by atoms with Gasteiger partial charge in [-0.05, 0) is 55.8 Å². The van der Waals surface area contributed by atoms with E-state index in [-0.39, 0.29) is 24.1 Å². The minimum absolute atomic E-state index is 0.0684. The number of nitrogens with one attached hydrogen (secondary N) is 1. The van der Waals surface area contributed by atoms with Crippen LogP contribution in [0.1, 0.15) is 35.8 Å². The third-order valence-corrected chi connectivity index (χ3v) is 6.81. The highest BCUT2D eigenvalue weighted by Crippen LogP contribution is 2.32. The maximum atomic E-state index is 14.1. The van der Waals surface area contributed by atoms with Crippen LogP contribution in [-0.4, -0.2) is 78.5 Å². The Kier molecular flexibility index (Phi) is 8.45. The highest BCUT2D eigenvalue weighted by atomic mass is 35.5. The molecule has 2 aliphatic heterocycles. The standard InChI is InChI=1S/C27H30ClFN4O4/c1-3-33-22(17-31-12-14-32(15-13-31)25(34)18-8-10-20(28)11-9-18)23(26(35)37-4-2)24(30-27(33)36)19-6-5-7-21(29)16-19/h5-11,16,24H,3-4,12-15,17H2,1-2H3,(H,30,36). The lowest BCUT2D eigenvalue weighted by Gasteiger charge is -2.40. The Labute approximate surface area is 220 Å². The largest absolute Gasteiger partial charge is 0.463 e. The fourth-order valence-electron chi connectivity index (χ4n) is 4.69. The number of nitrogens with zero attached hydrogens (tertiary/aromatic N) is 3. The van der Waals surface area contributed by atoms with Crippen molar-refractivity contribution in [3.05, 3.63) is 81.8 Å². The number of carbonyl (C=O) groups is 3. The number of carbonyl (C=O) groups excluding carboxylic acids is 3. The van der Waals surface area contributed by atoms with E-state index in [1.54, 1.807) is 48.2 Å². The van der Waals surface area contributed by atoms with Crippen LogP contribution in [0.15, 0.2) is 59.8 Å². The second-order valence-electron chi connectivity index (χ2n) is 8.84. The summed E-state index contributed by atoms with van der Waals surface area (Å²) in [7, 11) is 0. The Morgan fingerprint density at radius 3 is 2.41 bits per heavy atom. The van der Waals surface area contributed by atoms with Gasteiger partial charge in [0.2, 0.25) is 0 Å². The van der Waals surface area contributed by atoms with E-state index >= 15 is 0 Å². The van der Waals surface area contributed by atoms with Crippen LogP contribution in [0.5, 0.6) is 0 Å². The van der Waals surface area contributed by atoms with Crippen LogP contribution in [0.4, 0.5) is 9.18 Å². The van der Waals surface area contributed by atoms with Crippen LogP contribution in [0.3, 0.4) is 0 Å². The lowest BCUT2D eigenvalue weighted by molar-refractivity contribution is -0.139. The molecule has 0 bridgehead atoms. The van der Waals surface area contributed by atoms with E-state index < -0.39 is 17.8 Å². The summed E-state index contributed by atoms with van der Waals surface area (Å²) in [4.78, 5) is 44.5. The molecule has 196 valence electrons. The van der Waals surface area contributed by atoms with Gasteiger partial charge in [0, 0.05) is 55.6 Å². The SMILES string of the molecule is CCOC(=O)C1=C(CN2CCN(C(=O)c3ccc(Cl)cc3)CC2)N(CC)C(=O)NC1c1cccc(F)c1. The molecule has 2 aliphatic rings. The molecule has 0 aliphatic carbocycles. The maximum Gasteiger partial charge on any atom is 0.338 e. The summed E-state index contributed by atoms with van der Waals surface area (Å²) in [6.45, 7) is 6.46. The lowest BCUT2D eigenvalue weighted by atomic mass is 9.94. The zero-order chi connectivity index (χ0) is 26.5. The third-order valence-electron chi connectivity index (χ3n) is 6.56. The van der Waals surface area contributed by atoms with Crippen molar-refractivity contribution in [3.63, 3.8) is 0 Å². The summed E-state index contributed by atoms with van der Waals surface area (Å²) in [5.74, 6) is -1.08. The van der Waals surface area contributed by atoms with Gasteiger partial charge in [-0.3, -0.25) is 14.6 Å². The van der Waals surface area contributed by atoms with E-state index in [0.717, 1.165) is 0 Å². The van der Waals surface area contributed by atoms with Crippen LogP contribution in [0.2, 0.25) is 5.02 Å². The number of amides is 3. The summed E-state index contributed by atoms with van der Waals surface area (Å²) in [6.07, 6.45) is 0. The van der Waals surface area contributed by atoms with Gasteiger partial charge in [-0.2, -0.15) is 0 Å². The summed E-state index contributed by atoms with van der Waals surface area (Å²) in [5, 5.41) is 3.41. The molecule has 0 aromatic heterocycles. The van der Waals surface area contributed by atoms with Crippen molar-refractivity contribution in [2.75, 3.05) is 45.9 Å². The minimum atomic E-state index is -0.840. The van der Waals surface area contributed by atoms with E-state index in [1.165, 1.54) is 17.0 Å². The molecule has 2 heterocycles. The Bertz CT molecular complexity index is 1200. The maximum absolute atomic E-state index is 14.1. The summed E-state index contributed by atoms with van der Waals surface area (Å²) in [5.41, 5.74) is 1.84. The Balaban J connectivity index is 1.59. The zero-order valence-corrected chi connectivity index (χ0v) is 21.6. The number of ether oxygens (including phenoxy) is 1. The molecule has 8 nitrogen and oxygen atoms in total. The third kappa shape index (κ3) is 5.94. The lowest BCUT2D eigenvalue weighted by Crippen LogP contribution is -2.53. The Morgan fingerprint density at radius 1 is 1.08 bits per heavy atom. The van der Waals surface area contributed by atoms with Gasteiger partial charge in [0.1, 0.15) is 5.82 Å². The smallest absolute Gasteiger partial charge is 0.338 e. The van der Waals surface area contributed by atoms with Crippen LogP contribution < -0.4 is 5.32 Å². The number of piperazine rings is 1. The van der Waals surface area contributed by atoms with Gasteiger partial charge in [-0.1, -0.05) is 23.7 Å². The van der Waals surface area contributed by atoms with Gasteiger partial charge in [-0.15, -0.1) is 0 Å². The van der Waals surface area contributed by atoms with Crippen molar-refractivity contribution in [1.82, 2.24) is 20.0 Å². The summed E-state index contributed by atoms with van der Waals surface area (Å²) >= 11 is 5.94. The molecule has 2 aromatic rings. The van der Waals surface area contributed by atoms with Gasteiger partial charge >= 0.3 is 12.0 Å². The van der Waals surface area contributed by atoms with Crippen LogP contribution in [0.25, 0.3) is 0 Å². The number of esters is 1. The number of hydrogen-bond acceptors (Lipinski definition) is 5. The molecule has 4 rings (SSSR count). The molecule has 1 N–H and O–H groups in total. The molecule has 2 aromatic carbocycles. The normalized spacial score (nSPS) is 18.6. The first kappa shape index (κ1) is 26.6. The number of urea groups is 1. The molecule has 1 atom stereocenters. The summed E-state index contributed by atoms with van der Waals surface area (Å²) in [6, 6.07) is 11.4. The van der Waals surface area contributed by atoms with Gasteiger partial charge in [0.15, 0.2) is 0 Å². The molecule has 3 amide bonds. The minimum Gasteiger partial charge on any atom is -0.463 e. The molecule has 0 spiro atoms. The zero-order valence-electron chi connectivity index (χ0n) is 20.9. The molecule has 0 saturated carbocycles. The van der Waals surface area contributed by atoms with Crippen LogP contribution in [-0.2, 0) is 9.53 Å². The Hall–Kier alpha value is -3.43. The van der Waals surface area contributed by atoms with Crippen LogP contribution >= 0.6 is 11.6 Å². The highest BCUT2D eigenvalue weighted by molar-refractivity contribution is 6.30. The molecule has 0 radical (unpaired) electrons. The first-order chi connectivity index (χ1) is 17.8. The second-order valence-corrected chi connectivity index (χ2v) is 9.27. The first-order valence-electron chi connectivity index (χ1n) is 12.3. The monoisotopic (exact) mass is 528 g/mol.